The van der Waals surface area contributed by atoms with E-state index < -0.39 is 0 Å². The highest BCUT2D eigenvalue weighted by atomic mass is 16.5. The number of nitrogens with zero attached hydrogens (tertiary/aromatic N) is 2. The average Bonchev–Trinajstić information content (AvgIpc) is 2.72. The van der Waals surface area contributed by atoms with Gasteiger partial charge in [0.05, 0.1) is 5.69 Å². The van der Waals surface area contributed by atoms with Crippen LogP contribution in [0.3, 0.4) is 0 Å². The Labute approximate surface area is 102 Å². The van der Waals surface area contributed by atoms with Crippen LogP contribution in [0.15, 0.2) is 27.7 Å². The molecule has 1 aromatic heterocycles. The van der Waals surface area contributed by atoms with Crippen molar-refractivity contribution in [3.8, 4) is 0 Å². The lowest BCUT2D eigenvalue weighted by Gasteiger charge is -2.03. The van der Waals surface area contributed by atoms with E-state index in [1.807, 2.05) is 13.0 Å². The third-order valence-corrected chi connectivity index (χ3v) is 2.15. The number of nitrogens with one attached hydrogen (secondary N) is 1. The summed E-state index contributed by atoms with van der Waals surface area (Å²) in [5.74, 6) is 1.46. The van der Waals surface area contributed by atoms with Crippen LogP contribution in [0, 0.1) is 0 Å². The molecule has 0 unspecified atom stereocenters. The molecule has 1 rings (SSSR count). The Balaban J connectivity index is 2.47. The lowest BCUT2D eigenvalue weighted by atomic mass is 10.1. The SMILES string of the molecule is C=C(C)CNC(N)=NCc1cc(C(C)C)no1. The van der Waals surface area contributed by atoms with E-state index in [4.69, 9.17) is 10.3 Å². The van der Waals surface area contributed by atoms with Crippen LogP contribution >= 0.6 is 0 Å². The summed E-state index contributed by atoms with van der Waals surface area (Å²) in [4.78, 5) is 4.15. The predicted molar refractivity (Wildman–Crippen MR) is 68.7 cm³/mol. The van der Waals surface area contributed by atoms with Crippen molar-refractivity contribution in [2.75, 3.05) is 6.54 Å². The zero-order valence-electron chi connectivity index (χ0n) is 10.7. The van der Waals surface area contributed by atoms with E-state index in [1.54, 1.807) is 0 Å². The first-order valence-electron chi connectivity index (χ1n) is 5.62. The van der Waals surface area contributed by atoms with E-state index in [0.29, 0.717) is 30.7 Å². The molecule has 0 aliphatic rings. The van der Waals surface area contributed by atoms with Crippen molar-refractivity contribution in [2.24, 2.45) is 10.7 Å². The van der Waals surface area contributed by atoms with Crippen molar-refractivity contribution in [3.63, 3.8) is 0 Å². The molecule has 0 aliphatic heterocycles. The molecule has 0 atom stereocenters. The fraction of sp³-hybridized carbons (Fsp3) is 0.500. The molecule has 17 heavy (non-hydrogen) atoms. The Morgan fingerprint density at radius 2 is 2.35 bits per heavy atom. The molecule has 0 amide bonds. The lowest BCUT2D eigenvalue weighted by Crippen LogP contribution is -2.32. The van der Waals surface area contributed by atoms with Gasteiger partial charge in [0.1, 0.15) is 6.54 Å². The van der Waals surface area contributed by atoms with Gasteiger partial charge < -0.3 is 15.6 Å². The quantitative estimate of drug-likeness (QED) is 0.464. The minimum absolute atomic E-state index is 0.357. The fourth-order valence-electron chi connectivity index (χ4n) is 1.14. The zero-order valence-corrected chi connectivity index (χ0v) is 10.7. The maximum Gasteiger partial charge on any atom is 0.189 e. The van der Waals surface area contributed by atoms with Gasteiger partial charge in [0.15, 0.2) is 11.7 Å². The van der Waals surface area contributed by atoms with Crippen molar-refractivity contribution >= 4 is 5.96 Å². The molecule has 0 aliphatic carbocycles. The van der Waals surface area contributed by atoms with E-state index in [-0.39, 0.29) is 0 Å². The van der Waals surface area contributed by atoms with Crippen molar-refractivity contribution in [1.82, 2.24) is 10.5 Å². The second kappa shape index (κ2) is 6.08. The van der Waals surface area contributed by atoms with Crippen LogP contribution in [0.1, 0.15) is 38.1 Å². The maximum atomic E-state index is 5.67. The molecule has 1 heterocycles. The number of hydrogen-bond donors (Lipinski definition) is 2. The normalized spacial score (nSPS) is 11.9. The number of rotatable bonds is 5. The summed E-state index contributed by atoms with van der Waals surface area (Å²) in [5, 5.41) is 6.90. The summed E-state index contributed by atoms with van der Waals surface area (Å²) in [5.41, 5.74) is 7.61. The van der Waals surface area contributed by atoms with Gasteiger partial charge in [0.2, 0.25) is 0 Å². The summed E-state index contributed by atoms with van der Waals surface area (Å²) >= 11 is 0. The smallest absolute Gasteiger partial charge is 0.189 e. The third-order valence-electron chi connectivity index (χ3n) is 2.15. The number of hydrogen-bond acceptors (Lipinski definition) is 3. The van der Waals surface area contributed by atoms with Crippen LogP contribution in [-0.2, 0) is 6.54 Å². The van der Waals surface area contributed by atoms with Gasteiger partial charge in [-0.15, -0.1) is 0 Å². The number of aliphatic imine (C=N–C) groups is 1. The molecule has 0 saturated carbocycles. The summed E-state index contributed by atoms with van der Waals surface area (Å²) in [6, 6.07) is 1.90. The van der Waals surface area contributed by atoms with Gasteiger partial charge in [-0.2, -0.15) is 0 Å². The van der Waals surface area contributed by atoms with Crippen molar-refractivity contribution in [2.45, 2.75) is 33.2 Å². The number of guanidine groups is 1. The highest BCUT2D eigenvalue weighted by Gasteiger charge is 2.06. The molecule has 94 valence electrons. The summed E-state index contributed by atoms with van der Waals surface area (Å²) in [6.07, 6.45) is 0. The van der Waals surface area contributed by atoms with Crippen LogP contribution in [0.25, 0.3) is 0 Å². The Hall–Kier alpha value is -1.78. The predicted octanol–water partition coefficient (Wildman–Crippen LogP) is 1.78. The van der Waals surface area contributed by atoms with E-state index in [9.17, 15) is 0 Å². The van der Waals surface area contributed by atoms with E-state index in [1.165, 1.54) is 0 Å². The first-order valence-corrected chi connectivity index (χ1v) is 5.62. The van der Waals surface area contributed by atoms with Gasteiger partial charge in [-0.25, -0.2) is 4.99 Å². The molecule has 0 saturated heterocycles. The molecule has 0 bridgehead atoms. The molecule has 0 fully saturated rings. The Bertz CT molecular complexity index is 406. The van der Waals surface area contributed by atoms with Crippen LogP contribution in [0.5, 0.6) is 0 Å². The molecular weight excluding hydrogens is 216 g/mol. The van der Waals surface area contributed by atoms with Crippen LogP contribution in [0.4, 0.5) is 0 Å². The van der Waals surface area contributed by atoms with Gasteiger partial charge >= 0.3 is 0 Å². The zero-order chi connectivity index (χ0) is 12.8. The minimum Gasteiger partial charge on any atom is -0.370 e. The minimum atomic E-state index is 0.357. The molecule has 0 radical (unpaired) electrons. The van der Waals surface area contributed by atoms with Crippen molar-refractivity contribution < 1.29 is 4.52 Å². The molecular formula is C12H20N4O. The first-order chi connectivity index (χ1) is 7.99. The van der Waals surface area contributed by atoms with Crippen LogP contribution < -0.4 is 11.1 Å². The van der Waals surface area contributed by atoms with E-state index in [2.05, 4.69) is 35.9 Å². The summed E-state index contributed by atoms with van der Waals surface area (Å²) in [7, 11) is 0. The van der Waals surface area contributed by atoms with Gasteiger partial charge in [-0.05, 0) is 12.8 Å². The monoisotopic (exact) mass is 236 g/mol. The van der Waals surface area contributed by atoms with E-state index >= 15 is 0 Å². The summed E-state index contributed by atoms with van der Waals surface area (Å²) in [6.45, 7) is 10.8. The topological polar surface area (TPSA) is 76.4 Å². The van der Waals surface area contributed by atoms with Gasteiger partial charge in [0.25, 0.3) is 0 Å². The van der Waals surface area contributed by atoms with Gasteiger partial charge in [0, 0.05) is 12.6 Å². The van der Waals surface area contributed by atoms with Crippen LogP contribution in [0.2, 0.25) is 0 Å². The number of aromatic nitrogens is 1. The van der Waals surface area contributed by atoms with Crippen LogP contribution in [-0.4, -0.2) is 17.7 Å². The largest absolute Gasteiger partial charge is 0.370 e. The first kappa shape index (κ1) is 13.3. The highest BCUT2D eigenvalue weighted by Crippen LogP contribution is 2.14. The Morgan fingerprint density at radius 1 is 1.65 bits per heavy atom. The molecule has 3 N–H and O–H groups in total. The Morgan fingerprint density at radius 3 is 2.88 bits per heavy atom. The Kier molecular flexibility index (Phi) is 4.75. The second-order valence-electron chi connectivity index (χ2n) is 4.38. The van der Waals surface area contributed by atoms with Crippen molar-refractivity contribution in [3.05, 3.63) is 29.7 Å². The average molecular weight is 236 g/mol. The maximum absolute atomic E-state index is 5.67. The standard InChI is InChI=1S/C12H20N4O/c1-8(2)6-14-12(13)15-7-10-5-11(9(3)4)16-17-10/h5,9H,1,6-7H2,2-4H3,(H3,13,14,15). The fourth-order valence-corrected chi connectivity index (χ4v) is 1.14. The number of nitrogens with two attached hydrogens (primary N) is 1. The molecule has 5 heteroatoms. The lowest BCUT2D eigenvalue weighted by molar-refractivity contribution is 0.376. The molecule has 5 nitrogen and oxygen atoms in total. The van der Waals surface area contributed by atoms with Crippen molar-refractivity contribution in [1.29, 1.82) is 0 Å². The molecule has 0 aromatic carbocycles. The van der Waals surface area contributed by atoms with E-state index in [0.717, 1.165) is 11.3 Å². The molecule has 1 aromatic rings. The highest BCUT2D eigenvalue weighted by molar-refractivity contribution is 5.77. The molecule has 0 spiro atoms. The van der Waals surface area contributed by atoms with Gasteiger partial charge in [-0.3, -0.25) is 0 Å². The second-order valence-corrected chi connectivity index (χ2v) is 4.38. The third kappa shape index (κ3) is 4.72. The summed E-state index contributed by atoms with van der Waals surface area (Å²) < 4.78 is 5.14. The van der Waals surface area contributed by atoms with Gasteiger partial charge in [-0.1, -0.05) is 31.2 Å².